The van der Waals surface area contributed by atoms with Gasteiger partial charge in [-0.2, -0.15) is 0 Å². The highest BCUT2D eigenvalue weighted by molar-refractivity contribution is 9.10. The molecule has 1 unspecified atom stereocenters. The van der Waals surface area contributed by atoms with Crippen LogP contribution in [0.2, 0.25) is 15.2 Å². The summed E-state index contributed by atoms with van der Waals surface area (Å²) in [5, 5.41) is 0.604. The Balaban J connectivity index is 2.49. The highest BCUT2D eigenvalue weighted by atomic mass is 79.9. The number of amides is 1. The fraction of sp³-hybridized carbons (Fsp3) is 0.154. The van der Waals surface area contributed by atoms with Crippen LogP contribution in [0.5, 0.6) is 0 Å². The van der Waals surface area contributed by atoms with Crippen LogP contribution < -0.4 is 5.73 Å². The lowest BCUT2D eigenvalue weighted by Crippen LogP contribution is -2.14. The molecule has 2 rings (SSSR count). The van der Waals surface area contributed by atoms with Crippen LogP contribution in [-0.2, 0) is 0 Å². The van der Waals surface area contributed by atoms with Crippen molar-refractivity contribution in [2.24, 2.45) is 5.73 Å². The van der Waals surface area contributed by atoms with Crippen molar-refractivity contribution >= 4 is 56.6 Å². The molecule has 4 nitrogen and oxygen atoms in total. The Labute approximate surface area is 144 Å². The van der Waals surface area contributed by atoms with Gasteiger partial charge in [-0.1, -0.05) is 41.7 Å². The van der Waals surface area contributed by atoms with Gasteiger partial charge >= 0.3 is 0 Å². The fourth-order valence-electron chi connectivity index (χ4n) is 1.83. The first-order valence-electron chi connectivity index (χ1n) is 5.78. The number of hydrogen-bond acceptors (Lipinski definition) is 3. The van der Waals surface area contributed by atoms with E-state index in [1.54, 1.807) is 12.3 Å². The molecule has 0 saturated heterocycles. The summed E-state index contributed by atoms with van der Waals surface area (Å²) in [4.78, 5) is 19.7. The molecule has 2 aromatic rings. The predicted octanol–water partition coefficient (Wildman–Crippen LogP) is 4.45. The van der Waals surface area contributed by atoms with Gasteiger partial charge in [-0.3, -0.25) is 9.78 Å². The molecule has 0 aliphatic rings. The molecule has 8 heteroatoms. The molecule has 0 bridgehead atoms. The molecule has 2 aromatic heterocycles. The molecule has 1 amide bonds. The molecule has 1 atom stereocenters. The van der Waals surface area contributed by atoms with E-state index in [-0.39, 0.29) is 21.7 Å². The van der Waals surface area contributed by atoms with Crippen LogP contribution in [0.15, 0.2) is 22.8 Å². The molecule has 110 valence electrons. The second-order valence-corrected chi connectivity index (χ2v) is 6.39. The zero-order chi connectivity index (χ0) is 15.7. The lowest BCUT2D eigenvalue weighted by molar-refractivity contribution is 0.1000. The van der Waals surface area contributed by atoms with Crippen LogP contribution in [0.25, 0.3) is 0 Å². The average Bonchev–Trinajstić information content (AvgIpc) is 2.36. The van der Waals surface area contributed by atoms with Gasteiger partial charge in [0, 0.05) is 16.6 Å². The number of nitrogens with zero attached hydrogens (tertiary/aromatic N) is 2. The summed E-state index contributed by atoms with van der Waals surface area (Å²) in [6.45, 7) is 1.86. The summed E-state index contributed by atoms with van der Waals surface area (Å²) >= 11 is 21.5. The van der Waals surface area contributed by atoms with Crippen LogP contribution in [0.1, 0.15) is 34.6 Å². The van der Waals surface area contributed by atoms with E-state index in [9.17, 15) is 4.79 Å². The molecule has 2 heterocycles. The van der Waals surface area contributed by atoms with Crippen molar-refractivity contribution in [3.8, 4) is 0 Å². The minimum Gasteiger partial charge on any atom is -0.365 e. The van der Waals surface area contributed by atoms with Gasteiger partial charge in [0.2, 0.25) is 0 Å². The largest absolute Gasteiger partial charge is 0.365 e. The summed E-state index contributed by atoms with van der Waals surface area (Å²) in [5.74, 6) is -0.973. The lowest BCUT2D eigenvalue weighted by atomic mass is 10.0. The van der Waals surface area contributed by atoms with Crippen molar-refractivity contribution in [2.45, 2.75) is 12.8 Å². The number of aromatic nitrogens is 2. The molecule has 2 N–H and O–H groups in total. The summed E-state index contributed by atoms with van der Waals surface area (Å²) in [5.41, 5.74) is 6.39. The van der Waals surface area contributed by atoms with Crippen molar-refractivity contribution in [1.29, 1.82) is 0 Å². The van der Waals surface area contributed by atoms with Gasteiger partial charge in [-0.25, -0.2) is 4.98 Å². The molecule has 0 aromatic carbocycles. The fourth-order valence-corrected chi connectivity index (χ4v) is 3.26. The highest BCUT2D eigenvalue weighted by Gasteiger charge is 2.20. The van der Waals surface area contributed by atoms with Crippen molar-refractivity contribution in [3.05, 3.63) is 55.0 Å². The Bertz CT molecular complexity index is 701. The quantitative estimate of drug-likeness (QED) is 0.762. The third kappa shape index (κ3) is 3.48. The summed E-state index contributed by atoms with van der Waals surface area (Å²) in [6.07, 6.45) is 1.64. The number of pyridine rings is 2. The van der Waals surface area contributed by atoms with E-state index in [2.05, 4.69) is 25.9 Å². The maximum absolute atomic E-state index is 11.3. The van der Waals surface area contributed by atoms with E-state index in [1.165, 1.54) is 6.07 Å². The number of rotatable bonds is 3. The lowest BCUT2D eigenvalue weighted by Gasteiger charge is -2.14. The maximum atomic E-state index is 11.3. The number of nitrogens with two attached hydrogens (primary N) is 1. The number of carbonyl (C=O) groups excluding carboxylic acids is 1. The van der Waals surface area contributed by atoms with Gasteiger partial charge in [0.05, 0.1) is 27.0 Å². The van der Waals surface area contributed by atoms with Crippen molar-refractivity contribution in [2.75, 3.05) is 0 Å². The van der Waals surface area contributed by atoms with Gasteiger partial charge < -0.3 is 5.73 Å². The third-order valence-corrected chi connectivity index (χ3v) is 4.19. The Hall–Kier alpha value is -0.880. The Morgan fingerprint density at radius 1 is 1.29 bits per heavy atom. The topological polar surface area (TPSA) is 68.9 Å². The monoisotopic (exact) mass is 407 g/mol. The zero-order valence-electron chi connectivity index (χ0n) is 10.7. The van der Waals surface area contributed by atoms with Crippen molar-refractivity contribution in [1.82, 2.24) is 9.97 Å². The average molecular weight is 409 g/mol. The molecule has 0 fully saturated rings. The smallest absolute Gasteiger partial charge is 0.253 e. The van der Waals surface area contributed by atoms with Gasteiger partial charge in [0.25, 0.3) is 5.91 Å². The Morgan fingerprint density at radius 3 is 2.48 bits per heavy atom. The molecule has 0 radical (unpaired) electrons. The summed E-state index contributed by atoms with van der Waals surface area (Å²) in [6, 6.07) is 3.28. The zero-order valence-corrected chi connectivity index (χ0v) is 14.6. The van der Waals surface area contributed by atoms with E-state index in [4.69, 9.17) is 40.5 Å². The van der Waals surface area contributed by atoms with Crippen LogP contribution >= 0.6 is 50.7 Å². The predicted molar refractivity (Wildman–Crippen MR) is 87.2 cm³/mol. The molecule has 0 aliphatic heterocycles. The van der Waals surface area contributed by atoms with Crippen LogP contribution in [0.3, 0.4) is 0 Å². The molecule has 0 spiro atoms. The second kappa shape index (κ2) is 6.48. The SMILES string of the molecule is CC(c1cc(Cl)c(C(N)=O)c(Cl)n1)c1ncc(Br)cc1Cl. The number of hydrogen-bond donors (Lipinski definition) is 1. The molecule has 21 heavy (non-hydrogen) atoms. The van der Waals surface area contributed by atoms with E-state index < -0.39 is 5.91 Å². The standard InChI is InChI=1S/C13H9BrCl3N3O/c1-5(11-8(16)2-6(14)4-19-11)9-3-7(15)10(13(18)21)12(17)20-9/h2-5H,1H3,(H2,18,21). The third-order valence-electron chi connectivity index (χ3n) is 2.88. The minimum absolute atomic E-state index is 0.00384. The Morgan fingerprint density at radius 2 is 1.95 bits per heavy atom. The first-order chi connectivity index (χ1) is 9.81. The van der Waals surface area contributed by atoms with Gasteiger partial charge in [0.15, 0.2) is 0 Å². The Kier molecular flexibility index (Phi) is 5.09. The van der Waals surface area contributed by atoms with Crippen molar-refractivity contribution < 1.29 is 4.79 Å². The van der Waals surface area contributed by atoms with E-state index in [1.807, 2.05) is 6.92 Å². The van der Waals surface area contributed by atoms with Crippen molar-refractivity contribution in [3.63, 3.8) is 0 Å². The number of halogens is 4. The normalized spacial score (nSPS) is 12.2. The first kappa shape index (κ1) is 16.5. The van der Waals surface area contributed by atoms with E-state index >= 15 is 0 Å². The molecule has 0 saturated carbocycles. The second-order valence-electron chi connectivity index (χ2n) is 4.30. The van der Waals surface area contributed by atoms with Crippen LogP contribution in [0, 0.1) is 0 Å². The maximum Gasteiger partial charge on any atom is 0.253 e. The van der Waals surface area contributed by atoms with Crippen LogP contribution in [0.4, 0.5) is 0 Å². The molecule has 0 aliphatic carbocycles. The van der Waals surface area contributed by atoms with Gasteiger partial charge in [-0.05, 0) is 28.1 Å². The minimum atomic E-state index is -0.725. The van der Waals surface area contributed by atoms with Gasteiger partial charge in [-0.15, -0.1) is 0 Å². The first-order valence-corrected chi connectivity index (χ1v) is 7.70. The van der Waals surface area contributed by atoms with E-state index in [0.717, 1.165) is 4.47 Å². The summed E-state index contributed by atoms with van der Waals surface area (Å²) in [7, 11) is 0. The van der Waals surface area contributed by atoms with Crippen LogP contribution in [-0.4, -0.2) is 15.9 Å². The number of carbonyl (C=O) groups is 1. The summed E-state index contributed by atoms with van der Waals surface area (Å²) < 4.78 is 0.775. The number of primary amides is 1. The highest BCUT2D eigenvalue weighted by Crippen LogP contribution is 2.32. The van der Waals surface area contributed by atoms with Gasteiger partial charge in [0.1, 0.15) is 5.15 Å². The van der Waals surface area contributed by atoms with E-state index in [0.29, 0.717) is 16.4 Å². The molecular formula is C13H9BrCl3N3O. The molecular weight excluding hydrogens is 400 g/mol.